The highest BCUT2D eigenvalue weighted by Gasteiger charge is 1.99. The zero-order valence-corrected chi connectivity index (χ0v) is 6.83. The maximum Gasteiger partial charge on any atom is 0.0895 e. The van der Waals surface area contributed by atoms with E-state index in [2.05, 4.69) is 10.3 Å². The third-order valence-electron chi connectivity index (χ3n) is 1.58. The molecule has 4 nitrogen and oxygen atoms in total. The van der Waals surface area contributed by atoms with Crippen molar-refractivity contribution < 1.29 is 10.2 Å². The topological polar surface area (TPSA) is 68.3 Å². The normalized spacial score (nSPS) is 13.2. The van der Waals surface area contributed by atoms with Crippen LogP contribution in [0, 0.1) is 0 Å². The molecule has 1 aromatic heterocycles. The first-order valence-corrected chi connectivity index (χ1v) is 3.94. The van der Waals surface area contributed by atoms with Gasteiger partial charge in [0.05, 0.1) is 12.7 Å². The van der Waals surface area contributed by atoms with Gasteiger partial charge >= 0.3 is 0 Å². The molecule has 4 N–H and O–H groups in total. The first-order valence-electron chi connectivity index (χ1n) is 3.94. The van der Waals surface area contributed by atoms with Crippen molar-refractivity contribution in [1.29, 1.82) is 0 Å². The Morgan fingerprint density at radius 1 is 1.58 bits per heavy atom. The lowest BCUT2D eigenvalue weighted by atomic mass is 10.3. The number of aromatic amines is 1. The van der Waals surface area contributed by atoms with Crippen LogP contribution in [0.5, 0.6) is 0 Å². The fourth-order valence-electron chi connectivity index (χ4n) is 0.916. The Kier molecular flexibility index (Phi) is 3.79. The zero-order chi connectivity index (χ0) is 8.81. The highest BCUT2D eigenvalue weighted by molar-refractivity contribution is 5.07. The van der Waals surface area contributed by atoms with E-state index in [9.17, 15) is 0 Å². The summed E-state index contributed by atoms with van der Waals surface area (Å²) in [5, 5.41) is 20.5. The molecule has 0 saturated carbocycles. The minimum Gasteiger partial charge on any atom is -0.394 e. The molecule has 0 aliphatic rings. The van der Waals surface area contributed by atoms with E-state index in [1.807, 2.05) is 18.5 Å². The van der Waals surface area contributed by atoms with E-state index in [0.29, 0.717) is 13.1 Å². The largest absolute Gasteiger partial charge is 0.394 e. The third-order valence-corrected chi connectivity index (χ3v) is 1.58. The summed E-state index contributed by atoms with van der Waals surface area (Å²) in [5.74, 6) is 0. The van der Waals surface area contributed by atoms with Gasteiger partial charge in [0.25, 0.3) is 0 Å². The fourth-order valence-corrected chi connectivity index (χ4v) is 0.916. The Bertz CT molecular complexity index is 199. The predicted octanol–water partition coefficient (Wildman–Crippen LogP) is -0.543. The number of aromatic nitrogens is 1. The summed E-state index contributed by atoms with van der Waals surface area (Å²) < 4.78 is 0. The molecule has 0 radical (unpaired) electrons. The van der Waals surface area contributed by atoms with Crippen molar-refractivity contribution >= 4 is 0 Å². The molecular formula is C8H14N2O2. The summed E-state index contributed by atoms with van der Waals surface area (Å²) in [5.41, 5.74) is 1.14. The molecule has 68 valence electrons. The highest BCUT2D eigenvalue weighted by Crippen LogP contribution is 1.94. The van der Waals surface area contributed by atoms with Gasteiger partial charge in [-0.3, -0.25) is 0 Å². The Morgan fingerprint density at radius 3 is 3.00 bits per heavy atom. The smallest absolute Gasteiger partial charge is 0.0895 e. The van der Waals surface area contributed by atoms with Gasteiger partial charge in [0.15, 0.2) is 0 Å². The molecule has 1 heterocycles. The van der Waals surface area contributed by atoms with Crippen LogP contribution >= 0.6 is 0 Å². The molecule has 1 atom stereocenters. The summed E-state index contributed by atoms with van der Waals surface area (Å²) in [4.78, 5) is 2.93. The molecule has 1 rings (SSSR count). The van der Waals surface area contributed by atoms with Gasteiger partial charge in [0.1, 0.15) is 0 Å². The number of H-pyrrole nitrogens is 1. The van der Waals surface area contributed by atoms with Crippen LogP contribution in [0.2, 0.25) is 0 Å². The van der Waals surface area contributed by atoms with Crippen LogP contribution in [-0.4, -0.2) is 34.5 Å². The van der Waals surface area contributed by atoms with Crippen LogP contribution in [0.25, 0.3) is 0 Å². The van der Waals surface area contributed by atoms with Gasteiger partial charge in [-0.25, -0.2) is 0 Å². The Balaban J connectivity index is 2.11. The first kappa shape index (κ1) is 9.25. The number of rotatable bonds is 5. The second-order valence-electron chi connectivity index (χ2n) is 2.69. The molecule has 4 heteroatoms. The predicted molar refractivity (Wildman–Crippen MR) is 45.6 cm³/mol. The van der Waals surface area contributed by atoms with Crippen LogP contribution in [0.15, 0.2) is 18.5 Å². The van der Waals surface area contributed by atoms with Gasteiger partial charge < -0.3 is 20.5 Å². The van der Waals surface area contributed by atoms with Crippen molar-refractivity contribution in [3.05, 3.63) is 24.0 Å². The van der Waals surface area contributed by atoms with Crippen molar-refractivity contribution in [3.8, 4) is 0 Å². The molecule has 0 bridgehead atoms. The molecule has 0 aliphatic heterocycles. The van der Waals surface area contributed by atoms with Crippen LogP contribution in [-0.2, 0) is 6.54 Å². The Labute approximate surface area is 71.2 Å². The third kappa shape index (κ3) is 3.04. The SMILES string of the molecule is OCC(O)CNCc1cc[nH]c1. The number of aliphatic hydroxyl groups is 2. The second-order valence-corrected chi connectivity index (χ2v) is 2.69. The quantitative estimate of drug-likeness (QED) is 0.479. The highest BCUT2D eigenvalue weighted by atomic mass is 16.3. The minimum atomic E-state index is -0.663. The van der Waals surface area contributed by atoms with Crippen molar-refractivity contribution in [3.63, 3.8) is 0 Å². The molecule has 0 saturated heterocycles. The van der Waals surface area contributed by atoms with Gasteiger partial charge in [-0.1, -0.05) is 0 Å². The molecule has 0 spiro atoms. The van der Waals surface area contributed by atoms with Gasteiger partial charge in [-0.2, -0.15) is 0 Å². The lowest BCUT2D eigenvalue weighted by Crippen LogP contribution is -2.28. The van der Waals surface area contributed by atoms with Gasteiger partial charge in [0, 0.05) is 25.5 Å². The number of hydrogen-bond donors (Lipinski definition) is 4. The van der Waals surface area contributed by atoms with E-state index >= 15 is 0 Å². The van der Waals surface area contributed by atoms with Gasteiger partial charge in [0.2, 0.25) is 0 Å². The molecule has 0 aliphatic carbocycles. The maximum absolute atomic E-state index is 8.97. The van der Waals surface area contributed by atoms with Crippen LogP contribution in [0.3, 0.4) is 0 Å². The summed E-state index contributed by atoms with van der Waals surface area (Å²) >= 11 is 0. The van der Waals surface area contributed by atoms with Crippen LogP contribution in [0.1, 0.15) is 5.56 Å². The van der Waals surface area contributed by atoms with Crippen molar-refractivity contribution in [1.82, 2.24) is 10.3 Å². The van der Waals surface area contributed by atoms with Crippen LogP contribution < -0.4 is 5.32 Å². The lowest BCUT2D eigenvalue weighted by Gasteiger charge is -2.07. The molecule has 0 fully saturated rings. The van der Waals surface area contributed by atoms with E-state index in [1.54, 1.807) is 0 Å². The lowest BCUT2D eigenvalue weighted by molar-refractivity contribution is 0.0942. The summed E-state index contributed by atoms with van der Waals surface area (Å²) in [6.07, 6.45) is 3.07. The standard InChI is InChI=1S/C8H14N2O2/c11-6-8(12)5-10-4-7-1-2-9-3-7/h1-3,8-12H,4-6H2. The fraction of sp³-hybridized carbons (Fsp3) is 0.500. The number of aliphatic hydroxyl groups excluding tert-OH is 2. The molecule has 1 unspecified atom stereocenters. The minimum absolute atomic E-state index is 0.194. The zero-order valence-electron chi connectivity index (χ0n) is 6.83. The second kappa shape index (κ2) is 4.92. The maximum atomic E-state index is 8.97. The van der Waals surface area contributed by atoms with Crippen LogP contribution in [0.4, 0.5) is 0 Å². The Morgan fingerprint density at radius 2 is 2.42 bits per heavy atom. The Hall–Kier alpha value is -0.840. The molecule has 12 heavy (non-hydrogen) atoms. The first-order chi connectivity index (χ1) is 5.83. The van der Waals surface area contributed by atoms with Crippen molar-refractivity contribution in [2.24, 2.45) is 0 Å². The van der Waals surface area contributed by atoms with Gasteiger partial charge in [-0.15, -0.1) is 0 Å². The number of hydrogen-bond acceptors (Lipinski definition) is 3. The van der Waals surface area contributed by atoms with E-state index in [0.717, 1.165) is 5.56 Å². The molecule has 0 amide bonds. The monoisotopic (exact) mass is 170 g/mol. The average Bonchev–Trinajstić information content (AvgIpc) is 2.57. The van der Waals surface area contributed by atoms with Gasteiger partial charge in [-0.05, 0) is 11.6 Å². The van der Waals surface area contributed by atoms with E-state index in [1.165, 1.54) is 0 Å². The summed E-state index contributed by atoms with van der Waals surface area (Å²) in [6, 6.07) is 1.96. The van der Waals surface area contributed by atoms with E-state index in [-0.39, 0.29) is 6.61 Å². The molecular weight excluding hydrogens is 156 g/mol. The molecule has 0 aromatic carbocycles. The number of nitrogens with one attached hydrogen (secondary N) is 2. The van der Waals surface area contributed by atoms with E-state index in [4.69, 9.17) is 10.2 Å². The summed E-state index contributed by atoms with van der Waals surface area (Å²) in [7, 11) is 0. The molecule has 1 aromatic rings. The van der Waals surface area contributed by atoms with Crippen molar-refractivity contribution in [2.45, 2.75) is 12.6 Å². The average molecular weight is 170 g/mol. The summed E-state index contributed by atoms with van der Waals surface area (Å²) in [6.45, 7) is 0.933. The van der Waals surface area contributed by atoms with E-state index < -0.39 is 6.10 Å². The van der Waals surface area contributed by atoms with Crippen molar-refractivity contribution in [2.75, 3.05) is 13.2 Å².